The summed E-state index contributed by atoms with van der Waals surface area (Å²) in [6, 6.07) is 7.98. The molecule has 3 nitrogen and oxygen atoms in total. The Kier molecular flexibility index (Phi) is 3.51. The Balaban J connectivity index is 1.43. The van der Waals surface area contributed by atoms with Crippen LogP contribution in [0.5, 0.6) is 0 Å². The second kappa shape index (κ2) is 5.47. The molecule has 20 heavy (non-hydrogen) atoms. The third kappa shape index (κ3) is 2.50. The van der Waals surface area contributed by atoms with Crippen LogP contribution in [-0.4, -0.2) is 48.6 Å². The van der Waals surface area contributed by atoms with Gasteiger partial charge >= 0.3 is 0 Å². The molecule has 1 atom stereocenters. The molecule has 1 unspecified atom stereocenters. The largest absolute Gasteiger partial charge is 0.312 e. The highest BCUT2D eigenvalue weighted by Crippen LogP contribution is 2.23. The molecule has 3 aliphatic heterocycles. The fourth-order valence-electron chi connectivity index (χ4n) is 4.09. The van der Waals surface area contributed by atoms with E-state index in [1.807, 2.05) is 0 Å². The number of piperazine rings is 1. The zero-order chi connectivity index (χ0) is 13.4. The van der Waals surface area contributed by atoms with Crippen LogP contribution in [0.3, 0.4) is 0 Å². The van der Waals surface area contributed by atoms with E-state index in [0.717, 1.165) is 25.7 Å². The van der Waals surface area contributed by atoms with E-state index in [-0.39, 0.29) is 0 Å². The maximum absolute atomic E-state index is 3.48. The molecule has 3 heteroatoms. The third-order valence-electron chi connectivity index (χ3n) is 5.23. The quantitative estimate of drug-likeness (QED) is 0.882. The van der Waals surface area contributed by atoms with Gasteiger partial charge in [-0.25, -0.2) is 0 Å². The van der Waals surface area contributed by atoms with Crippen molar-refractivity contribution in [1.82, 2.24) is 15.1 Å². The summed E-state index contributed by atoms with van der Waals surface area (Å²) in [5, 5.41) is 3.48. The molecule has 0 bridgehead atoms. The Morgan fingerprint density at radius 1 is 1.15 bits per heavy atom. The molecule has 0 amide bonds. The lowest BCUT2D eigenvalue weighted by Crippen LogP contribution is -2.49. The molecule has 2 saturated heterocycles. The first kappa shape index (κ1) is 12.8. The summed E-state index contributed by atoms with van der Waals surface area (Å²) in [6.45, 7) is 8.45. The zero-order valence-electron chi connectivity index (χ0n) is 12.3. The molecule has 0 aromatic heterocycles. The van der Waals surface area contributed by atoms with Crippen molar-refractivity contribution in [3.63, 3.8) is 0 Å². The van der Waals surface area contributed by atoms with Gasteiger partial charge in [-0.05, 0) is 49.0 Å². The first-order chi connectivity index (χ1) is 9.88. The van der Waals surface area contributed by atoms with Crippen molar-refractivity contribution < 1.29 is 0 Å². The minimum atomic E-state index is 0.836. The normalized spacial score (nSPS) is 27.3. The molecule has 3 aliphatic rings. The van der Waals surface area contributed by atoms with Crippen LogP contribution in [0.2, 0.25) is 0 Å². The fraction of sp³-hybridized carbons (Fsp3) is 0.647. The zero-order valence-corrected chi connectivity index (χ0v) is 12.3. The average Bonchev–Trinajstić information content (AvgIpc) is 2.95. The van der Waals surface area contributed by atoms with E-state index in [1.165, 1.54) is 56.6 Å². The second-order valence-corrected chi connectivity index (χ2v) is 6.60. The predicted molar refractivity (Wildman–Crippen MR) is 81.7 cm³/mol. The Morgan fingerprint density at radius 3 is 3.15 bits per heavy atom. The Hall–Kier alpha value is -0.900. The number of hydrogen-bond acceptors (Lipinski definition) is 3. The summed E-state index contributed by atoms with van der Waals surface area (Å²) in [7, 11) is 0. The topological polar surface area (TPSA) is 18.5 Å². The van der Waals surface area contributed by atoms with Gasteiger partial charge in [0.25, 0.3) is 0 Å². The van der Waals surface area contributed by atoms with Gasteiger partial charge in [0.05, 0.1) is 0 Å². The van der Waals surface area contributed by atoms with E-state index in [9.17, 15) is 0 Å². The molecule has 2 fully saturated rings. The summed E-state index contributed by atoms with van der Waals surface area (Å²) in [5.41, 5.74) is 4.57. The van der Waals surface area contributed by atoms with Crippen LogP contribution >= 0.6 is 0 Å². The van der Waals surface area contributed by atoms with Gasteiger partial charge in [0.2, 0.25) is 0 Å². The molecule has 1 aromatic rings. The molecule has 3 heterocycles. The van der Waals surface area contributed by atoms with Crippen molar-refractivity contribution in [2.24, 2.45) is 0 Å². The minimum absolute atomic E-state index is 0.836. The van der Waals surface area contributed by atoms with Crippen molar-refractivity contribution in [3.8, 4) is 0 Å². The highest BCUT2D eigenvalue weighted by Gasteiger charge is 2.30. The van der Waals surface area contributed by atoms with Crippen LogP contribution in [0.1, 0.15) is 29.5 Å². The highest BCUT2D eigenvalue weighted by molar-refractivity contribution is 5.33. The molecule has 0 aliphatic carbocycles. The van der Waals surface area contributed by atoms with Crippen molar-refractivity contribution in [2.75, 3.05) is 32.7 Å². The van der Waals surface area contributed by atoms with Gasteiger partial charge in [-0.3, -0.25) is 9.80 Å². The van der Waals surface area contributed by atoms with E-state index >= 15 is 0 Å². The first-order valence-corrected chi connectivity index (χ1v) is 8.16. The highest BCUT2D eigenvalue weighted by atomic mass is 15.3. The molecule has 0 saturated carbocycles. The van der Waals surface area contributed by atoms with Gasteiger partial charge in [0, 0.05) is 38.8 Å². The van der Waals surface area contributed by atoms with Crippen molar-refractivity contribution in [2.45, 2.75) is 38.4 Å². The Labute approximate surface area is 121 Å². The summed E-state index contributed by atoms with van der Waals surface area (Å²) < 4.78 is 0. The summed E-state index contributed by atoms with van der Waals surface area (Å²) in [5.74, 6) is 0. The number of benzene rings is 1. The molecule has 0 spiro atoms. The second-order valence-electron chi connectivity index (χ2n) is 6.60. The van der Waals surface area contributed by atoms with Crippen LogP contribution in [0, 0.1) is 0 Å². The number of rotatable bonds is 2. The van der Waals surface area contributed by atoms with E-state index in [0.29, 0.717) is 0 Å². The van der Waals surface area contributed by atoms with Gasteiger partial charge in [-0.2, -0.15) is 0 Å². The number of hydrogen-bond donors (Lipinski definition) is 1. The van der Waals surface area contributed by atoms with Crippen molar-refractivity contribution >= 4 is 0 Å². The van der Waals surface area contributed by atoms with Crippen LogP contribution in [0.15, 0.2) is 18.2 Å². The lowest BCUT2D eigenvalue weighted by molar-refractivity contribution is 0.0993. The maximum atomic E-state index is 3.48. The minimum Gasteiger partial charge on any atom is -0.312 e. The average molecular weight is 271 g/mol. The lowest BCUT2D eigenvalue weighted by Gasteiger charge is -2.37. The van der Waals surface area contributed by atoms with Gasteiger partial charge < -0.3 is 5.32 Å². The monoisotopic (exact) mass is 271 g/mol. The van der Waals surface area contributed by atoms with E-state index in [4.69, 9.17) is 0 Å². The van der Waals surface area contributed by atoms with Gasteiger partial charge in [-0.15, -0.1) is 0 Å². The van der Waals surface area contributed by atoms with E-state index in [2.05, 4.69) is 33.3 Å². The van der Waals surface area contributed by atoms with Crippen LogP contribution in [-0.2, 0) is 19.5 Å². The van der Waals surface area contributed by atoms with Gasteiger partial charge in [-0.1, -0.05) is 18.2 Å². The number of nitrogens with one attached hydrogen (secondary N) is 1. The lowest BCUT2D eigenvalue weighted by atomic mass is 9.98. The molecule has 1 aromatic carbocycles. The van der Waals surface area contributed by atoms with E-state index in [1.54, 1.807) is 5.56 Å². The Bertz CT molecular complexity index is 485. The third-order valence-corrected chi connectivity index (χ3v) is 5.23. The molecule has 1 N–H and O–H groups in total. The van der Waals surface area contributed by atoms with Crippen LogP contribution in [0.25, 0.3) is 0 Å². The molecule has 0 radical (unpaired) electrons. The molecular weight excluding hydrogens is 246 g/mol. The molecule has 108 valence electrons. The molecule has 4 rings (SSSR count). The first-order valence-electron chi connectivity index (χ1n) is 8.16. The Morgan fingerprint density at radius 2 is 2.15 bits per heavy atom. The van der Waals surface area contributed by atoms with E-state index < -0.39 is 0 Å². The van der Waals surface area contributed by atoms with Crippen LogP contribution in [0.4, 0.5) is 0 Å². The summed E-state index contributed by atoms with van der Waals surface area (Å²) >= 11 is 0. The molecular formula is C17H25N3. The maximum Gasteiger partial charge on any atom is 0.0235 e. The predicted octanol–water partition coefficient (Wildman–Crippen LogP) is 1.61. The van der Waals surface area contributed by atoms with Crippen LogP contribution < -0.4 is 5.32 Å². The SMILES string of the molecule is c1cc2c(cc1CN1CCN3CCCC3C1)CNCC2. The van der Waals surface area contributed by atoms with Crippen molar-refractivity contribution in [3.05, 3.63) is 34.9 Å². The standard InChI is InChI=1S/C17H25N3/c1-2-17-13-19(8-9-20(17)7-1)12-14-3-4-15-5-6-18-11-16(15)10-14/h3-4,10,17-18H,1-2,5-9,11-13H2. The summed E-state index contributed by atoms with van der Waals surface area (Å²) in [4.78, 5) is 5.34. The fourth-order valence-corrected chi connectivity index (χ4v) is 4.09. The smallest absolute Gasteiger partial charge is 0.0235 e. The number of fused-ring (bicyclic) bond motifs is 2. The summed E-state index contributed by atoms with van der Waals surface area (Å²) in [6.07, 6.45) is 4.00. The van der Waals surface area contributed by atoms with Gasteiger partial charge in [0.1, 0.15) is 0 Å². The van der Waals surface area contributed by atoms with Crippen molar-refractivity contribution in [1.29, 1.82) is 0 Å². The van der Waals surface area contributed by atoms with Gasteiger partial charge in [0.15, 0.2) is 0 Å². The number of nitrogens with zero attached hydrogens (tertiary/aromatic N) is 2.